The standard InChI is InChI=1S/C32H38N6O3/c1-4-5-21-13-26(36(30(21)34-2)15-19-6-7-19)31-35-24-12-23(32(39)37-17-22-8-9-25(37)28(22)33)14-27(40-3)29(24)38(31)16-20-10-11-41-18-20/h1,5,12-14,19-20,22,25,28H,6-11,15-18,33H2,2-3H3/b21-5-,34-30?/t20?,22-,25-,28?/m1/s1. The van der Waals surface area contributed by atoms with E-state index in [-0.39, 0.29) is 18.0 Å². The fourth-order valence-corrected chi connectivity index (χ4v) is 7.25. The van der Waals surface area contributed by atoms with Gasteiger partial charge in [0.15, 0.2) is 5.82 Å². The second-order valence-electron chi connectivity index (χ2n) is 12.2. The average Bonchev–Trinajstić information content (AvgIpc) is 3.33. The number of amidine groups is 1. The summed E-state index contributed by atoms with van der Waals surface area (Å²) in [5.74, 6) is 6.41. The molecule has 41 heavy (non-hydrogen) atoms. The van der Waals surface area contributed by atoms with E-state index in [0.717, 1.165) is 79.5 Å². The van der Waals surface area contributed by atoms with Crippen LogP contribution < -0.4 is 10.5 Å². The average molecular weight is 555 g/mol. The van der Waals surface area contributed by atoms with Crippen molar-refractivity contribution >= 4 is 28.5 Å². The van der Waals surface area contributed by atoms with Crippen LogP contribution in [0.3, 0.4) is 0 Å². The second-order valence-corrected chi connectivity index (χ2v) is 12.2. The van der Waals surface area contributed by atoms with Crippen LogP contribution in [0.2, 0.25) is 0 Å². The van der Waals surface area contributed by atoms with Crippen LogP contribution in [-0.2, 0) is 11.3 Å². The zero-order valence-electron chi connectivity index (χ0n) is 23.9. The predicted octanol–water partition coefficient (Wildman–Crippen LogP) is 3.30. The molecule has 4 heterocycles. The van der Waals surface area contributed by atoms with Gasteiger partial charge >= 0.3 is 0 Å². The highest BCUT2D eigenvalue weighted by molar-refractivity contribution is 6.11. The van der Waals surface area contributed by atoms with Crippen molar-refractivity contribution in [1.82, 2.24) is 19.4 Å². The fourth-order valence-electron chi connectivity index (χ4n) is 7.25. The molecule has 214 valence electrons. The van der Waals surface area contributed by atoms with Crippen molar-refractivity contribution in [2.24, 2.45) is 28.5 Å². The minimum Gasteiger partial charge on any atom is -0.494 e. The SMILES string of the molecule is C#C/C=C1/C=C(c2nc3cc(C(=O)N4C[C@H]5CC[C@@H]4C5N)cc(OC)c3n2CC2CCOC2)N(CC2CC2)C1=NC. The summed E-state index contributed by atoms with van der Waals surface area (Å²) in [6.07, 6.45) is 15.1. The summed E-state index contributed by atoms with van der Waals surface area (Å²) in [4.78, 5) is 27.9. The number of benzene rings is 1. The van der Waals surface area contributed by atoms with Gasteiger partial charge in [-0.25, -0.2) is 4.98 Å². The number of rotatable bonds is 7. The van der Waals surface area contributed by atoms with E-state index in [1.165, 1.54) is 12.8 Å². The van der Waals surface area contributed by atoms with E-state index in [9.17, 15) is 4.79 Å². The molecule has 1 aromatic heterocycles. The van der Waals surface area contributed by atoms with Gasteiger partial charge in [-0.05, 0) is 68.2 Å². The molecule has 0 spiro atoms. The van der Waals surface area contributed by atoms with Crippen molar-refractivity contribution in [3.8, 4) is 18.1 Å². The van der Waals surface area contributed by atoms with Gasteiger partial charge < -0.3 is 29.6 Å². The molecule has 4 atom stereocenters. The van der Waals surface area contributed by atoms with Crippen LogP contribution in [0.1, 0.15) is 48.3 Å². The highest BCUT2D eigenvalue weighted by atomic mass is 16.5. The Morgan fingerprint density at radius 2 is 2.10 bits per heavy atom. The van der Waals surface area contributed by atoms with Gasteiger partial charge in [0.25, 0.3) is 5.91 Å². The summed E-state index contributed by atoms with van der Waals surface area (Å²) in [6, 6.07) is 3.98. The zero-order valence-corrected chi connectivity index (χ0v) is 23.9. The molecule has 7 rings (SSSR count). The summed E-state index contributed by atoms with van der Waals surface area (Å²) >= 11 is 0. The quantitative estimate of drug-likeness (QED) is 0.528. The molecule has 1 aromatic carbocycles. The van der Waals surface area contributed by atoms with Gasteiger partial charge in [-0.1, -0.05) is 5.92 Å². The number of nitrogens with two attached hydrogens (primary N) is 1. The number of fused-ring (bicyclic) bond motifs is 3. The number of hydrogen-bond donors (Lipinski definition) is 1. The van der Waals surface area contributed by atoms with Crippen molar-refractivity contribution in [3.05, 3.63) is 41.2 Å². The third kappa shape index (κ3) is 4.45. The molecule has 4 fully saturated rings. The van der Waals surface area contributed by atoms with Crippen LogP contribution in [0, 0.1) is 30.1 Å². The van der Waals surface area contributed by atoms with Crippen LogP contribution in [0.4, 0.5) is 0 Å². The molecule has 9 nitrogen and oxygen atoms in total. The Hall–Kier alpha value is -3.61. The van der Waals surface area contributed by atoms with Crippen LogP contribution in [0.15, 0.2) is 34.9 Å². The first-order valence-corrected chi connectivity index (χ1v) is 14.9. The molecule has 2 aromatic rings. The number of hydrogen-bond acceptors (Lipinski definition) is 6. The van der Waals surface area contributed by atoms with Gasteiger partial charge in [0.05, 0.1) is 24.9 Å². The summed E-state index contributed by atoms with van der Waals surface area (Å²) in [5.41, 5.74) is 10.6. The second kappa shape index (κ2) is 10.3. The number of methoxy groups -OCH3 is 1. The molecule has 1 amide bonds. The molecule has 2 unspecified atom stereocenters. The van der Waals surface area contributed by atoms with Gasteiger partial charge in [-0.15, -0.1) is 6.42 Å². The number of aliphatic imine (C=N–C) groups is 1. The number of aromatic nitrogens is 2. The highest BCUT2D eigenvalue weighted by Gasteiger charge is 2.47. The highest BCUT2D eigenvalue weighted by Crippen LogP contribution is 2.41. The summed E-state index contributed by atoms with van der Waals surface area (Å²) in [6.45, 7) is 3.81. The molecule has 9 heteroatoms. The Morgan fingerprint density at radius 3 is 2.73 bits per heavy atom. The zero-order chi connectivity index (χ0) is 28.2. The van der Waals surface area contributed by atoms with E-state index in [1.54, 1.807) is 13.2 Å². The van der Waals surface area contributed by atoms with Crippen molar-refractivity contribution in [2.45, 2.75) is 50.7 Å². The van der Waals surface area contributed by atoms with Gasteiger partial charge in [-0.3, -0.25) is 9.79 Å². The van der Waals surface area contributed by atoms with E-state index in [4.69, 9.17) is 26.6 Å². The van der Waals surface area contributed by atoms with Crippen LogP contribution in [-0.4, -0.2) is 83.6 Å². The first-order chi connectivity index (χ1) is 20.0. The maximum atomic E-state index is 13.8. The van der Waals surface area contributed by atoms with Crippen molar-refractivity contribution in [2.75, 3.05) is 40.5 Å². The number of carbonyl (C=O) groups is 1. The van der Waals surface area contributed by atoms with Crippen molar-refractivity contribution in [3.63, 3.8) is 0 Å². The number of carbonyl (C=O) groups excluding carboxylic acids is 1. The normalized spacial score (nSPS) is 29.3. The lowest BCUT2D eigenvalue weighted by Gasteiger charge is -2.27. The fraction of sp³-hybridized carbons (Fsp3) is 0.531. The predicted molar refractivity (Wildman–Crippen MR) is 158 cm³/mol. The number of amides is 1. The molecule has 2 bridgehead atoms. The monoisotopic (exact) mass is 554 g/mol. The lowest BCUT2D eigenvalue weighted by atomic mass is 10.1. The molecule has 2 saturated heterocycles. The number of imidazole rings is 1. The van der Waals surface area contributed by atoms with E-state index in [1.807, 2.05) is 24.1 Å². The molecule has 2 N–H and O–H groups in total. The third-order valence-electron chi connectivity index (χ3n) is 9.57. The number of likely N-dealkylation sites (tertiary alicyclic amines) is 1. The molecule has 0 radical (unpaired) electrons. The number of terminal acetylenes is 1. The van der Waals surface area contributed by atoms with Crippen molar-refractivity contribution in [1.29, 1.82) is 0 Å². The van der Waals surface area contributed by atoms with Gasteiger partial charge in [0.2, 0.25) is 0 Å². The smallest absolute Gasteiger partial charge is 0.254 e. The Balaban J connectivity index is 1.36. The maximum absolute atomic E-state index is 13.8. The minimum atomic E-state index is 0.00299. The third-order valence-corrected chi connectivity index (χ3v) is 9.57. The van der Waals surface area contributed by atoms with Gasteiger partial charge in [0, 0.05) is 62.4 Å². The number of nitrogens with zero attached hydrogens (tertiary/aromatic N) is 5. The molecular weight excluding hydrogens is 516 g/mol. The summed E-state index contributed by atoms with van der Waals surface area (Å²) < 4.78 is 14.0. The van der Waals surface area contributed by atoms with Gasteiger partial charge in [-0.2, -0.15) is 0 Å². The Bertz CT molecular complexity index is 1520. The topological polar surface area (TPSA) is 98.2 Å². The van der Waals surface area contributed by atoms with E-state index < -0.39 is 0 Å². The lowest BCUT2D eigenvalue weighted by Crippen LogP contribution is -2.41. The molecule has 3 aliphatic heterocycles. The molecular formula is C32H38N6O3. The van der Waals surface area contributed by atoms with E-state index in [2.05, 4.69) is 26.5 Å². The molecule has 2 saturated carbocycles. The summed E-state index contributed by atoms with van der Waals surface area (Å²) in [5, 5.41) is 0. The van der Waals surface area contributed by atoms with E-state index >= 15 is 0 Å². The number of ether oxygens (including phenoxy) is 2. The Kier molecular flexibility index (Phi) is 6.63. The Morgan fingerprint density at radius 1 is 1.24 bits per heavy atom. The van der Waals surface area contributed by atoms with Gasteiger partial charge in [0.1, 0.15) is 17.1 Å². The lowest BCUT2D eigenvalue weighted by molar-refractivity contribution is 0.0700. The summed E-state index contributed by atoms with van der Waals surface area (Å²) in [7, 11) is 3.48. The maximum Gasteiger partial charge on any atom is 0.254 e. The van der Waals surface area contributed by atoms with Crippen LogP contribution >= 0.6 is 0 Å². The largest absolute Gasteiger partial charge is 0.494 e. The number of allylic oxidation sites excluding steroid dienone is 1. The minimum absolute atomic E-state index is 0.00299. The number of piperidine rings is 1. The van der Waals surface area contributed by atoms with Crippen LogP contribution in [0.25, 0.3) is 16.7 Å². The first-order valence-electron chi connectivity index (χ1n) is 14.9. The van der Waals surface area contributed by atoms with Crippen LogP contribution in [0.5, 0.6) is 5.75 Å². The first kappa shape index (κ1) is 26.3. The van der Waals surface area contributed by atoms with E-state index in [0.29, 0.717) is 35.7 Å². The Labute approximate surface area is 241 Å². The van der Waals surface area contributed by atoms with Crippen molar-refractivity contribution < 1.29 is 14.3 Å². The molecule has 2 aliphatic carbocycles. The molecule has 5 aliphatic rings.